The normalized spacial score (nSPS) is 12.7. The number of quaternary nitrogens is 1. The monoisotopic (exact) mass is 488 g/mol. The lowest BCUT2D eigenvalue weighted by Gasteiger charge is -2.20. The summed E-state index contributed by atoms with van der Waals surface area (Å²) < 4.78 is 38.8. The molecule has 0 aliphatic carbocycles. The van der Waals surface area contributed by atoms with E-state index in [1.54, 1.807) is 4.57 Å². The number of nitrogens with zero attached hydrogens (tertiary/aromatic N) is 1. The predicted molar refractivity (Wildman–Crippen MR) is 121 cm³/mol. The zero-order valence-corrected chi connectivity index (χ0v) is 20.1. The van der Waals surface area contributed by atoms with Gasteiger partial charge in [-0.15, -0.1) is 0 Å². The molecular formula is C23H35F3N4O4. The van der Waals surface area contributed by atoms with E-state index in [0.29, 0.717) is 6.04 Å². The molecule has 0 saturated heterocycles. The van der Waals surface area contributed by atoms with Crippen LogP contribution in [0.1, 0.15) is 39.7 Å². The van der Waals surface area contributed by atoms with Crippen molar-refractivity contribution in [1.82, 2.24) is 15.2 Å². The highest BCUT2D eigenvalue weighted by molar-refractivity contribution is 5.92. The second kappa shape index (κ2) is 13.3. The van der Waals surface area contributed by atoms with Crippen molar-refractivity contribution in [2.24, 2.45) is 0 Å². The van der Waals surface area contributed by atoms with Crippen LogP contribution in [0.4, 0.5) is 18.0 Å². The fourth-order valence-corrected chi connectivity index (χ4v) is 3.17. The molecule has 0 radical (unpaired) electrons. The van der Waals surface area contributed by atoms with E-state index in [1.807, 2.05) is 45.2 Å². The summed E-state index contributed by atoms with van der Waals surface area (Å²) in [5, 5.41) is 16.9. The molecule has 0 unspecified atom stereocenters. The number of carbonyl (C=O) groups is 2. The van der Waals surface area contributed by atoms with Crippen LogP contribution in [-0.4, -0.2) is 60.6 Å². The zero-order valence-electron chi connectivity index (χ0n) is 20.1. The van der Waals surface area contributed by atoms with Gasteiger partial charge in [0.25, 0.3) is 0 Å². The number of rotatable bonds is 9. The van der Waals surface area contributed by atoms with Gasteiger partial charge in [-0.1, -0.05) is 25.1 Å². The van der Waals surface area contributed by atoms with E-state index in [2.05, 4.69) is 29.4 Å². The summed E-state index contributed by atoms with van der Waals surface area (Å²) >= 11 is 0. The number of carboxylic acids is 1. The first-order valence-electron chi connectivity index (χ1n) is 11.1. The topological polar surface area (TPSA) is 123 Å². The number of para-hydroxylation sites is 1. The number of aliphatic carboxylic acids is 1. The van der Waals surface area contributed by atoms with Crippen LogP contribution < -0.4 is 21.5 Å². The third-order valence-electron chi connectivity index (χ3n) is 4.57. The van der Waals surface area contributed by atoms with Gasteiger partial charge >= 0.3 is 12.3 Å². The Bertz CT molecular complexity index is 923. The third kappa shape index (κ3) is 10.1. The third-order valence-corrected chi connectivity index (χ3v) is 4.57. The van der Waals surface area contributed by atoms with E-state index in [9.17, 15) is 18.0 Å². The molecule has 1 aromatic carbocycles. The fraction of sp³-hybridized carbons (Fsp3) is 0.565. The van der Waals surface area contributed by atoms with Gasteiger partial charge in [-0.2, -0.15) is 13.2 Å². The Hall–Kier alpha value is -2.63. The van der Waals surface area contributed by atoms with Crippen molar-refractivity contribution in [3.63, 3.8) is 0 Å². The maximum Gasteiger partial charge on any atom is 0.430 e. The Balaban J connectivity index is 0.000000718. The van der Waals surface area contributed by atoms with Gasteiger partial charge in [-0.3, -0.25) is 4.57 Å². The predicted octanol–water partition coefficient (Wildman–Crippen LogP) is 1.47. The molecule has 192 valence electrons. The maximum atomic E-state index is 12.6. The van der Waals surface area contributed by atoms with Gasteiger partial charge in [-0.05, 0) is 45.4 Å². The van der Waals surface area contributed by atoms with Gasteiger partial charge in [0.1, 0.15) is 11.6 Å². The van der Waals surface area contributed by atoms with E-state index in [-0.39, 0.29) is 6.09 Å². The van der Waals surface area contributed by atoms with Gasteiger partial charge in [0.2, 0.25) is 0 Å². The summed E-state index contributed by atoms with van der Waals surface area (Å²) in [5.41, 5.74) is 5.41. The van der Waals surface area contributed by atoms with Crippen molar-refractivity contribution < 1.29 is 38.3 Å². The number of alkyl halides is 3. The summed E-state index contributed by atoms with van der Waals surface area (Å²) in [4.78, 5) is 21.4. The Morgan fingerprint density at radius 1 is 1.21 bits per heavy atom. The van der Waals surface area contributed by atoms with Gasteiger partial charge in [0.05, 0.1) is 12.1 Å². The summed E-state index contributed by atoms with van der Waals surface area (Å²) in [5.74, 6) is -3.01. The zero-order chi connectivity index (χ0) is 25.9. The summed E-state index contributed by atoms with van der Waals surface area (Å²) in [7, 11) is 0. The minimum absolute atomic E-state index is 0.303. The van der Waals surface area contributed by atoms with Gasteiger partial charge in [0, 0.05) is 37.1 Å². The first kappa shape index (κ1) is 29.4. The highest BCUT2D eigenvalue weighted by atomic mass is 19.4. The second-order valence-corrected chi connectivity index (χ2v) is 8.68. The molecule has 1 aromatic heterocycles. The van der Waals surface area contributed by atoms with E-state index in [0.717, 1.165) is 55.5 Å². The maximum absolute atomic E-state index is 12.6. The highest BCUT2D eigenvalue weighted by Crippen LogP contribution is 2.24. The summed E-state index contributed by atoms with van der Waals surface area (Å²) in [6, 6.07) is 8.31. The number of fused-ring (bicyclic) bond motifs is 1. The number of carboxylic acid groups (broad SMARTS) is 1. The molecule has 1 heterocycles. The first-order chi connectivity index (χ1) is 15.8. The molecule has 0 amide bonds. The molecular weight excluding hydrogens is 453 g/mol. The van der Waals surface area contributed by atoms with Crippen LogP contribution in [0.2, 0.25) is 0 Å². The number of hydrogen-bond donors (Lipinski definition) is 3. The molecule has 11 heteroatoms. The van der Waals surface area contributed by atoms with Crippen molar-refractivity contribution in [2.75, 3.05) is 26.2 Å². The average molecular weight is 489 g/mol. The number of halogens is 3. The number of ether oxygens (including phenoxy) is 1. The Labute approximate surface area is 197 Å². The molecule has 0 aliphatic heterocycles. The molecule has 2 rings (SSSR count). The molecule has 34 heavy (non-hydrogen) atoms. The van der Waals surface area contributed by atoms with E-state index < -0.39 is 17.7 Å². The molecule has 5 N–H and O–H groups in total. The molecule has 8 nitrogen and oxygen atoms in total. The molecule has 1 atom stereocenters. The lowest BCUT2D eigenvalue weighted by Crippen LogP contribution is -2.51. The Kier molecular flexibility index (Phi) is 11.5. The lowest BCUT2D eigenvalue weighted by atomic mass is 10.0. The van der Waals surface area contributed by atoms with E-state index >= 15 is 0 Å². The number of hydrogen-bond acceptors (Lipinski definition) is 6. The van der Waals surface area contributed by atoms with Crippen molar-refractivity contribution in [2.45, 2.75) is 58.4 Å². The lowest BCUT2D eigenvalue weighted by molar-refractivity contribution is -0.367. The van der Waals surface area contributed by atoms with Crippen molar-refractivity contribution >= 4 is 23.0 Å². The number of nitrogens with one attached hydrogen (secondary N) is 2. The van der Waals surface area contributed by atoms with Crippen LogP contribution >= 0.6 is 0 Å². The highest BCUT2D eigenvalue weighted by Gasteiger charge is 2.28. The molecule has 2 aromatic rings. The summed E-state index contributed by atoms with van der Waals surface area (Å²) in [6.45, 7) is 11.5. The van der Waals surface area contributed by atoms with Crippen molar-refractivity contribution in [3.8, 4) is 0 Å². The molecule has 0 saturated carbocycles. The average Bonchev–Trinajstić information content (AvgIpc) is 3.08. The second-order valence-electron chi connectivity index (χ2n) is 8.68. The fourth-order valence-electron chi connectivity index (χ4n) is 3.17. The minimum Gasteiger partial charge on any atom is -0.542 e. The van der Waals surface area contributed by atoms with E-state index in [4.69, 9.17) is 14.6 Å². The number of carbonyl (C=O) groups excluding carboxylic acids is 2. The van der Waals surface area contributed by atoms with Crippen LogP contribution in [-0.2, 0) is 16.0 Å². The molecule has 0 fully saturated rings. The molecule has 0 aliphatic rings. The van der Waals surface area contributed by atoms with Gasteiger partial charge < -0.3 is 31.0 Å². The Morgan fingerprint density at radius 2 is 1.82 bits per heavy atom. The number of likely N-dealkylation sites (N-methyl/N-ethyl adjacent to an activating group) is 1. The number of benzene rings is 1. The first-order valence-corrected chi connectivity index (χ1v) is 11.1. The SMILES string of the molecule is CCN[C@H](CNCCC[NH3+])Cc1cn(C(=O)OC(C)(C)C)c2ccccc12.O=C([O-])C(F)(F)F. The van der Waals surface area contributed by atoms with Crippen molar-refractivity contribution in [1.29, 1.82) is 0 Å². The number of aromatic nitrogens is 1. The standard InChI is InChI=1S/C21H34N4O2.C2HF3O2/c1-5-24-17(14-23-12-8-11-22)13-16-15-25(20(26)27-21(2,3)4)19-10-7-6-9-18(16)19;3-2(4,5)1(6)7/h6-7,9-10,15,17,23-24H,5,8,11-14,22H2,1-4H3;(H,6,7)/t17-;/m0./s1. The quantitative estimate of drug-likeness (QED) is 0.460. The summed E-state index contributed by atoms with van der Waals surface area (Å²) in [6.07, 6.45) is -1.67. The van der Waals surface area contributed by atoms with Crippen LogP contribution in [0.5, 0.6) is 0 Å². The van der Waals surface area contributed by atoms with Crippen LogP contribution in [0, 0.1) is 0 Å². The minimum atomic E-state index is -5.19. The van der Waals surface area contributed by atoms with E-state index in [1.165, 1.54) is 0 Å². The van der Waals surface area contributed by atoms with Crippen LogP contribution in [0.3, 0.4) is 0 Å². The molecule has 0 spiro atoms. The van der Waals surface area contributed by atoms with Crippen LogP contribution in [0.25, 0.3) is 10.9 Å². The van der Waals surface area contributed by atoms with Gasteiger partial charge in [-0.25, -0.2) is 4.79 Å². The molecule has 0 bridgehead atoms. The van der Waals surface area contributed by atoms with Gasteiger partial charge in [0.15, 0.2) is 0 Å². The Morgan fingerprint density at radius 3 is 2.35 bits per heavy atom. The van der Waals surface area contributed by atoms with Crippen molar-refractivity contribution in [3.05, 3.63) is 36.0 Å². The smallest absolute Gasteiger partial charge is 0.430 e. The van der Waals surface area contributed by atoms with Crippen LogP contribution in [0.15, 0.2) is 30.5 Å². The largest absolute Gasteiger partial charge is 0.542 e.